The van der Waals surface area contributed by atoms with Gasteiger partial charge in [0.25, 0.3) is 0 Å². The largest absolute Gasteiger partial charge is 0.382 e. The molecule has 1 aliphatic heterocycles. The number of nitrogens with zero attached hydrogens (tertiary/aromatic N) is 4. The highest BCUT2D eigenvalue weighted by Crippen LogP contribution is 2.25. The molecule has 2 heterocycles. The maximum atomic E-state index is 8.97. The van der Waals surface area contributed by atoms with Crippen molar-refractivity contribution >= 4 is 17.6 Å². The van der Waals surface area contributed by atoms with E-state index in [-0.39, 0.29) is 11.8 Å². The summed E-state index contributed by atoms with van der Waals surface area (Å²) in [6.45, 7) is 1.79. The summed E-state index contributed by atoms with van der Waals surface area (Å²) in [6, 6.07) is 2.02. The predicted molar refractivity (Wildman–Crippen MR) is 57.0 cm³/mol. The van der Waals surface area contributed by atoms with Gasteiger partial charge in [-0.3, -0.25) is 0 Å². The van der Waals surface area contributed by atoms with Crippen LogP contribution in [-0.4, -0.2) is 23.1 Å². The molecule has 1 aromatic heterocycles. The lowest BCUT2D eigenvalue weighted by molar-refractivity contribution is 0.928. The van der Waals surface area contributed by atoms with Crippen LogP contribution in [0.15, 0.2) is 0 Å². The van der Waals surface area contributed by atoms with Crippen molar-refractivity contribution in [2.75, 3.05) is 29.5 Å². The minimum Gasteiger partial charge on any atom is -0.382 e. The molecule has 0 spiro atoms. The van der Waals surface area contributed by atoms with E-state index >= 15 is 0 Å². The van der Waals surface area contributed by atoms with E-state index < -0.39 is 0 Å². The van der Waals surface area contributed by atoms with Gasteiger partial charge in [0.15, 0.2) is 5.82 Å². The van der Waals surface area contributed by atoms with E-state index in [1.54, 1.807) is 0 Å². The van der Waals surface area contributed by atoms with Crippen LogP contribution in [0.1, 0.15) is 18.4 Å². The molecule has 2 rings (SSSR count). The molecule has 15 heavy (non-hydrogen) atoms. The molecule has 0 unspecified atom stereocenters. The fourth-order valence-corrected chi connectivity index (χ4v) is 1.75. The van der Waals surface area contributed by atoms with Gasteiger partial charge in [-0.05, 0) is 12.8 Å². The zero-order chi connectivity index (χ0) is 10.8. The summed E-state index contributed by atoms with van der Waals surface area (Å²) in [5, 5.41) is 8.97. The van der Waals surface area contributed by atoms with Gasteiger partial charge in [0.1, 0.15) is 17.5 Å². The lowest BCUT2D eigenvalue weighted by Crippen LogP contribution is -2.22. The van der Waals surface area contributed by atoms with E-state index in [2.05, 4.69) is 9.97 Å². The third kappa shape index (κ3) is 1.64. The molecule has 1 aliphatic rings. The van der Waals surface area contributed by atoms with Gasteiger partial charge in [-0.15, -0.1) is 0 Å². The van der Waals surface area contributed by atoms with E-state index in [1.165, 1.54) is 0 Å². The third-order valence-electron chi connectivity index (χ3n) is 2.45. The van der Waals surface area contributed by atoms with Crippen molar-refractivity contribution in [3.63, 3.8) is 0 Å². The number of anilines is 3. The van der Waals surface area contributed by atoms with Crippen LogP contribution in [-0.2, 0) is 0 Å². The normalized spacial score (nSPS) is 15.3. The van der Waals surface area contributed by atoms with Crippen LogP contribution in [0.5, 0.6) is 0 Å². The van der Waals surface area contributed by atoms with Crippen LogP contribution in [0.2, 0.25) is 0 Å². The summed E-state index contributed by atoms with van der Waals surface area (Å²) in [5.74, 6) is 0.848. The van der Waals surface area contributed by atoms with Gasteiger partial charge in [-0.1, -0.05) is 0 Å². The molecule has 6 heteroatoms. The van der Waals surface area contributed by atoms with E-state index in [0.29, 0.717) is 11.4 Å². The first-order chi connectivity index (χ1) is 7.22. The number of nitrogen functional groups attached to an aromatic ring is 2. The Morgan fingerprint density at radius 2 is 1.87 bits per heavy atom. The molecular formula is C9H12N6. The van der Waals surface area contributed by atoms with Crippen molar-refractivity contribution in [2.24, 2.45) is 0 Å². The van der Waals surface area contributed by atoms with Gasteiger partial charge in [-0.2, -0.15) is 15.2 Å². The highest BCUT2D eigenvalue weighted by molar-refractivity contribution is 5.65. The van der Waals surface area contributed by atoms with Gasteiger partial charge in [0, 0.05) is 13.1 Å². The molecule has 1 fully saturated rings. The molecule has 1 saturated heterocycles. The molecule has 0 atom stereocenters. The van der Waals surface area contributed by atoms with Crippen molar-refractivity contribution < 1.29 is 0 Å². The van der Waals surface area contributed by atoms with Crippen LogP contribution < -0.4 is 16.4 Å². The molecular weight excluding hydrogens is 192 g/mol. The summed E-state index contributed by atoms with van der Waals surface area (Å²) in [4.78, 5) is 9.87. The van der Waals surface area contributed by atoms with E-state index in [9.17, 15) is 0 Å². The Bertz CT molecular complexity index is 415. The average molecular weight is 204 g/mol. The molecule has 6 nitrogen and oxygen atoms in total. The minimum atomic E-state index is 0.119. The van der Waals surface area contributed by atoms with Crippen LogP contribution in [0.25, 0.3) is 0 Å². The topological polar surface area (TPSA) is 105 Å². The maximum absolute atomic E-state index is 8.97. The van der Waals surface area contributed by atoms with E-state index in [0.717, 1.165) is 25.9 Å². The van der Waals surface area contributed by atoms with Gasteiger partial charge < -0.3 is 16.4 Å². The van der Waals surface area contributed by atoms with Crippen molar-refractivity contribution in [2.45, 2.75) is 12.8 Å². The van der Waals surface area contributed by atoms with Gasteiger partial charge in [0.05, 0.1) is 0 Å². The molecule has 0 radical (unpaired) electrons. The summed E-state index contributed by atoms with van der Waals surface area (Å²) in [6.07, 6.45) is 2.21. The number of hydrogen-bond acceptors (Lipinski definition) is 6. The Morgan fingerprint density at radius 3 is 2.47 bits per heavy atom. The first-order valence-electron chi connectivity index (χ1n) is 4.80. The Kier molecular flexibility index (Phi) is 2.29. The predicted octanol–water partition coefficient (Wildman–Crippen LogP) is 0.113. The smallest absolute Gasteiger partial charge is 0.224 e. The molecule has 4 N–H and O–H groups in total. The summed E-state index contributed by atoms with van der Waals surface area (Å²) in [5.41, 5.74) is 11.5. The molecule has 1 aromatic rings. The average Bonchev–Trinajstić information content (AvgIpc) is 2.69. The summed E-state index contributed by atoms with van der Waals surface area (Å²) in [7, 11) is 0. The second-order valence-electron chi connectivity index (χ2n) is 3.47. The summed E-state index contributed by atoms with van der Waals surface area (Å²) >= 11 is 0. The number of rotatable bonds is 1. The minimum absolute atomic E-state index is 0.119. The molecule has 0 aromatic carbocycles. The Balaban J connectivity index is 2.48. The first-order valence-corrected chi connectivity index (χ1v) is 4.80. The highest BCUT2D eigenvalue weighted by atomic mass is 15.2. The molecule has 78 valence electrons. The van der Waals surface area contributed by atoms with Crippen molar-refractivity contribution in [1.29, 1.82) is 5.26 Å². The fraction of sp³-hybridized carbons (Fsp3) is 0.444. The zero-order valence-electron chi connectivity index (χ0n) is 8.27. The van der Waals surface area contributed by atoms with E-state index in [1.807, 2.05) is 11.0 Å². The fourth-order valence-electron chi connectivity index (χ4n) is 1.75. The Hall–Kier alpha value is -2.03. The third-order valence-corrected chi connectivity index (χ3v) is 2.45. The molecule has 0 aliphatic carbocycles. The molecule has 0 amide bonds. The Morgan fingerprint density at radius 1 is 1.20 bits per heavy atom. The van der Waals surface area contributed by atoms with Gasteiger partial charge in [0.2, 0.25) is 5.95 Å². The van der Waals surface area contributed by atoms with Gasteiger partial charge in [-0.25, -0.2) is 0 Å². The second-order valence-corrected chi connectivity index (χ2v) is 3.47. The number of hydrogen-bond donors (Lipinski definition) is 2. The second kappa shape index (κ2) is 3.61. The monoisotopic (exact) mass is 204 g/mol. The van der Waals surface area contributed by atoms with Crippen molar-refractivity contribution in [1.82, 2.24) is 9.97 Å². The van der Waals surface area contributed by atoms with Crippen molar-refractivity contribution in [3.8, 4) is 6.07 Å². The SMILES string of the molecule is N#Cc1c(N)nc(N)nc1N1CCCC1. The van der Waals surface area contributed by atoms with E-state index in [4.69, 9.17) is 16.7 Å². The quantitative estimate of drug-likeness (QED) is 0.672. The zero-order valence-corrected chi connectivity index (χ0v) is 8.27. The maximum Gasteiger partial charge on any atom is 0.224 e. The van der Waals surface area contributed by atoms with Crippen LogP contribution in [0.4, 0.5) is 17.6 Å². The number of nitriles is 1. The van der Waals surface area contributed by atoms with Crippen LogP contribution in [0.3, 0.4) is 0 Å². The number of aromatic nitrogens is 2. The standard InChI is InChI=1S/C9H12N6/c10-5-6-7(11)13-9(12)14-8(6)15-3-1-2-4-15/h1-4H2,(H4,11,12,13,14). The van der Waals surface area contributed by atoms with Crippen molar-refractivity contribution in [3.05, 3.63) is 5.56 Å². The van der Waals surface area contributed by atoms with Gasteiger partial charge >= 0.3 is 0 Å². The Labute approximate surface area is 87.5 Å². The summed E-state index contributed by atoms with van der Waals surface area (Å²) < 4.78 is 0. The highest BCUT2D eigenvalue weighted by Gasteiger charge is 2.20. The molecule has 0 saturated carbocycles. The lowest BCUT2D eigenvalue weighted by atomic mass is 10.3. The molecule has 0 bridgehead atoms. The lowest BCUT2D eigenvalue weighted by Gasteiger charge is -2.18. The first kappa shape index (κ1) is 9.52. The van der Waals surface area contributed by atoms with Crippen LogP contribution >= 0.6 is 0 Å². The number of nitrogens with two attached hydrogens (primary N) is 2. The van der Waals surface area contributed by atoms with Crippen LogP contribution in [0, 0.1) is 11.3 Å².